The second-order valence-electron chi connectivity index (χ2n) is 4.20. The Hall–Kier alpha value is -1.98. The molecular formula is C13H15F3N2O. The molecule has 1 N–H and O–H groups in total. The van der Waals surface area contributed by atoms with E-state index in [1.165, 1.54) is 11.9 Å². The first-order valence-electron chi connectivity index (χ1n) is 5.62. The van der Waals surface area contributed by atoms with Crippen molar-refractivity contribution < 1.29 is 18.0 Å². The van der Waals surface area contributed by atoms with Crippen molar-refractivity contribution in [1.29, 1.82) is 0 Å². The fraction of sp³-hybridized carbons (Fsp3) is 0.308. The summed E-state index contributed by atoms with van der Waals surface area (Å²) in [6.07, 6.45) is 1.54. The summed E-state index contributed by atoms with van der Waals surface area (Å²) < 4.78 is 38.8. The predicted molar refractivity (Wildman–Crippen MR) is 66.0 cm³/mol. The maximum atomic E-state index is 13.0. The molecule has 1 unspecified atom stereocenters. The number of rotatable bonds is 4. The molecule has 6 heteroatoms. The molecule has 0 aliphatic rings. The van der Waals surface area contributed by atoms with Crippen molar-refractivity contribution in [3.63, 3.8) is 0 Å². The van der Waals surface area contributed by atoms with Gasteiger partial charge in [0.15, 0.2) is 17.5 Å². The molecule has 19 heavy (non-hydrogen) atoms. The summed E-state index contributed by atoms with van der Waals surface area (Å²) in [4.78, 5) is 12.9. The van der Waals surface area contributed by atoms with Gasteiger partial charge in [0, 0.05) is 19.6 Å². The van der Waals surface area contributed by atoms with Crippen LogP contribution in [-0.4, -0.2) is 24.0 Å². The van der Waals surface area contributed by atoms with Gasteiger partial charge in [-0.2, -0.15) is 0 Å². The lowest BCUT2D eigenvalue weighted by atomic mass is 10.2. The van der Waals surface area contributed by atoms with Crippen LogP contribution in [0.1, 0.15) is 12.5 Å². The van der Waals surface area contributed by atoms with Gasteiger partial charge in [-0.25, -0.2) is 18.0 Å². The number of halogens is 3. The molecular weight excluding hydrogens is 257 g/mol. The van der Waals surface area contributed by atoms with Crippen LogP contribution in [0.5, 0.6) is 0 Å². The van der Waals surface area contributed by atoms with E-state index in [9.17, 15) is 18.0 Å². The lowest BCUT2D eigenvalue weighted by molar-refractivity contribution is 0.205. The van der Waals surface area contributed by atoms with Crippen LogP contribution in [0.15, 0.2) is 24.8 Å². The van der Waals surface area contributed by atoms with Gasteiger partial charge < -0.3 is 10.2 Å². The molecule has 3 nitrogen and oxygen atoms in total. The molecule has 0 bridgehead atoms. The first-order chi connectivity index (χ1) is 8.85. The Kier molecular flexibility index (Phi) is 4.97. The quantitative estimate of drug-likeness (QED) is 0.663. The van der Waals surface area contributed by atoms with Crippen LogP contribution in [0.3, 0.4) is 0 Å². The van der Waals surface area contributed by atoms with E-state index in [1.807, 2.05) is 0 Å². The van der Waals surface area contributed by atoms with Gasteiger partial charge in [0.2, 0.25) is 0 Å². The van der Waals surface area contributed by atoms with Crippen molar-refractivity contribution in [2.45, 2.75) is 19.5 Å². The highest BCUT2D eigenvalue weighted by Gasteiger charge is 2.14. The second-order valence-corrected chi connectivity index (χ2v) is 4.20. The van der Waals surface area contributed by atoms with Crippen LogP contribution in [0, 0.1) is 17.5 Å². The molecule has 0 radical (unpaired) electrons. The lowest BCUT2D eigenvalue weighted by Gasteiger charge is -2.20. The third-order valence-corrected chi connectivity index (χ3v) is 2.51. The third kappa shape index (κ3) is 4.01. The van der Waals surface area contributed by atoms with E-state index in [0.717, 1.165) is 12.1 Å². The number of nitrogens with one attached hydrogen (secondary N) is 1. The summed E-state index contributed by atoms with van der Waals surface area (Å²) in [5.74, 6) is -4.07. The molecule has 1 rings (SSSR count). The van der Waals surface area contributed by atoms with Crippen LogP contribution >= 0.6 is 0 Å². The molecule has 0 aliphatic carbocycles. The number of urea groups is 1. The maximum Gasteiger partial charge on any atom is 0.317 e. The van der Waals surface area contributed by atoms with E-state index >= 15 is 0 Å². The normalized spacial score (nSPS) is 11.8. The molecule has 1 atom stereocenters. The molecule has 1 aromatic carbocycles. The van der Waals surface area contributed by atoms with Crippen molar-refractivity contribution in [3.8, 4) is 0 Å². The Bertz CT molecular complexity index is 468. The number of carbonyl (C=O) groups excluding carboxylic acids is 1. The summed E-state index contributed by atoms with van der Waals surface area (Å²) in [6, 6.07) is 1.08. The summed E-state index contributed by atoms with van der Waals surface area (Å²) in [6.45, 7) is 5.21. The molecule has 2 amide bonds. The fourth-order valence-corrected chi connectivity index (χ4v) is 1.41. The van der Waals surface area contributed by atoms with Gasteiger partial charge in [-0.15, -0.1) is 6.58 Å². The Morgan fingerprint density at radius 1 is 1.42 bits per heavy atom. The summed E-state index contributed by atoms with van der Waals surface area (Å²) in [7, 11) is 1.46. The number of amides is 2. The molecule has 0 spiro atoms. The van der Waals surface area contributed by atoms with Crippen molar-refractivity contribution in [2.75, 3.05) is 7.05 Å². The zero-order valence-electron chi connectivity index (χ0n) is 10.7. The largest absolute Gasteiger partial charge is 0.332 e. The van der Waals surface area contributed by atoms with E-state index in [-0.39, 0.29) is 18.2 Å². The SMILES string of the molecule is C=CC(C)NC(=O)N(C)Cc1cc(F)c(F)c(F)c1. The van der Waals surface area contributed by atoms with Gasteiger partial charge >= 0.3 is 6.03 Å². The van der Waals surface area contributed by atoms with E-state index in [0.29, 0.717) is 0 Å². The Balaban J connectivity index is 2.74. The average molecular weight is 272 g/mol. The van der Waals surface area contributed by atoms with Gasteiger partial charge in [0.05, 0.1) is 0 Å². The molecule has 104 valence electrons. The number of carbonyl (C=O) groups is 1. The molecule has 0 aromatic heterocycles. The monoisotopic (exact) mass is 272 g/mol. The lowest BCUT2D eigenvalue weighted by Crippen LogP contribution is -2.40. The van der Waals surface area contributed by atoms with Gasteiger partial charge in [-0.3, -0.25) is 0 Å². The van der Waals surface area contributed by atoms with E-state index < -0.39 is 23.5 Å². The summed E-state index contributed by atoms with van der Waals surface area (Å²) in [5.41, 5.74) is 0.167. The number of nitrogens with zero attached hydrogens (tertiary/aromatic N) is 1. The van der Waals surface area contributed by atoms with Gasteiger partial charge in [0.1, 0.15) is 0 Å². The van der Waals surface area contributed by atoms with Crippen LogP contribution in [0.2, 0.25) is 0 Å². The number of benzene rings is 1. The maximum absolute atomic E-state index is 13.0. The topological polar surface area (TPSA) is 32.3 Å². The van der Waals surface area contributed by atoms with Gasteiger partial charge in [-0.1, -0.05) is 6.08 Å². The molecule has 1 aromatic rings. The van der Waals surface area contributed by atoms with Crippen LogP contribution in [0.4, 0.5) is 18.0 Å². The van der Waals surface area contributed by atoms with E-state index in [1.54, 1.807) is 13.0 Å². The van der Waals surface area contributed by atoms with Gasteiger partial charge in [-0.05, 0) is 24.6 Å². The third-order valence-electron chi connectivity index (χ3n) is 2.51. The van der Waals surface area contributed by atoms with Crippen molar-refractivity contribution in [1.82, 2.24) is 10.2 Å². The smallest absolute Gasteiger partial charge is 0.317 e. The highest BCUT2D eigenvalue weighted by atomic mass is 19.2. The van der Waals surface area contributed by atoms with Crippen LogP contribution in [-0.2, 0) is 6.54 Å². The minimum atomic E-state index is -1.52. The molecule has 0 heterocycles. The average Bonchev–Trinajstić information content (AvgIpc) is 2.35. The minimum Gasteiger partial charge on any atom is -0.332 e. The standard InChI is InChI=1S/C13H15F3N2O/c1-4-8(2)17-13(19)18(3)7-9-5-10(14)12(16)11(15)6-9/h4-6,8H,1,7H2,2-3H3,(H,17,19). The van der Waals surface area contributed by atoms with Crippen LogP contribution in [0.25, 0.3) is 0 Å². The molecule has 0 saturated carbocycles. The first-order valence-corrected chi connectivity index (χ1v) is 5.62. The molecule has 0 fully saturated rings. The summed E-state index contributed by atoms with van der Waals surface area (Å²) >= 11 is 0. The fourth-order valence-electron chi connectivity index (χ4n) is 1.41. The molecule has 0 saturated heterocycles. The van der Waals surface area contributed by atoms with Crippen molar-refractivity contribution in [2.24, 2.45) is 0 Å². The zero-order valence-corrected chi connectivity index (χ0v) is 10.7. The van der Waals surface area contributed by atoms with Gasteiger partial charge in [0.25, 0.3) is 0 Å². The minimum absolute atomic E-state index is 0.0379. The zero-order chi connectivity index (χ0) is 14.6. The van der Waals surface area contributed by atoms with Crippen molar-refractivity contribution >= 4 is 6.03 Å². The molecule has 0 aliphatic heterocycles. The summed E-state index contributed by atoms with van der Waals surface area (Å²) in [5, 5.41) is 2.60. The van der Waals surface area contributed by atoms with E-state index in [4.69, 9.17) is 0 Å². The number of hydrogen-bond acceptors (Lipinski definition) is 1. The number of hydrogen-bond donors (Lipinski definition) is 1. The Labute approximate surface area is 109 Å². The highest BCUT2D eigenvalue weighted by Crippen LogP contribution is 2.14. The highest BCUT2D eigenvalue weighted by molar-refractivity contribution is 5.74. The predicted octanol–water partition coefficient (Wildman–Crippen LogP) is 2.82. The first kappa shape index (κ1) is 15.1. The second kappa shape index (κ2) is 6.26. The van der Waals surface area contributed by atoms with Crippen LogP contribution < -0.4 is 5.32 Å². The van der Waals surface area contributed by atoms with Crippen molar-refractivity contribution in [3.05, 3.63) is 47.8 Å². The Morgan fingerprint density at radius 3 is 2.42 bits per heavy atom. The van der Waals surface area contributed by atoms with E-state index in [2.05, 4.69) is 11.9 Å². The Morgan fingerprint density at radius 2 is 1.95 bits per heavy atom.